The van der Waals surface area contributed by atoms with Crippen LogP contribution in [0.15, 0.2) is 66.7 Å². The summed E-state index contributed by atoms with van der Waals surface area (Å²) in [6, 6.07) is 22.7. The van der Waals surface area contributed by atoms with Gasteiger partial charge in [-0.3, -0.25) is 0 Å². The second kappa shape index (κ2) is 4.04. The molecule has 0 fully saturated rings. The minimum atomic E-state index is 0.609. The van der Waals surface area contributed by atoms with Crippen molar-refractivity contribution in [1.82, 2.24) is 0 Å². The first-order valence-electron chi connectivity index (χ1n) is 6.55. The fourth-order valence-corrected chi connectivity index (χ4v) is 2.79. The molecule has 0 N–H and O–H groups in total. The molecular formula is C18H11N2+. The Labute approximate surface area is 115 Å². The third-order valence-electron chi connectivity index (χ3n) is 3.79. The lowest BCUT2D eigenvalue weighted by Gasteiger charge is -2.04. The maximum Gasteiger partial charge on any atom is 0.392 e. The van der Waals surface area contributed by atoms with E-state index < -0.39 is 0 Å². The van der Waals surface area contributed by atoms with Gasteiger partial charge in [-0.15, -0.1) is 0 Å². The van der Waals surface area contributed by atoms with Crippen LogP contribution in [0.3, 0.4) is 0 Å². The topological polar surface area (TPSA) is 28.1 Å². The summed E-state index contributed by atoms with van der Waals surface area (Å²) in [6.07, 6.45) is 0. The highest BCUT2D eigenvalue weighted by molar-refractivity contribution is 6.07. The van der Waals surface area contributed by atoms with Gasteiger partial charge in [-0.05, 0) is 51.2 Å². The van der Waals surface area contributed by atoms with Crippen molar-refractivity contribution in [2.75, 3.05) is 0 Å². The molecule has 0 bridgehead atoms. The molecule has 0 unspecified atom stereocenters. The third-order valence-corrected chi connectivity index (χ3v) is 3.79. The summed E-state index contributed by atoms with van der Waals surface area (Å²) in [7, 11) is 0. The van der Waals surface area contributed by atoms with E-state index in [0.29, 0.717) is 5.69 Å². The maximum absolute atomic E-state index is 9.10. The highest BCUT2D eigenvalue weighted by atomic mass is 14.8. The molecule has 0 saturated carbocycles. The molecule has 92 valence electrons. The molecule has 0 amide bonds. The highest BCUT2D eigenvalue weighted by Crippen LogP contribution is 2.32. The molecule has 2 heteroatoms. The van der Waals surface area contributed by atoms with E-state index in [1.54, 1.807) is 0 Å². The minimum absolute atomic E-state index is 0.609. The Kier molecular flexibility index (Phi) is 2.21. The van der Waals surface area contributed by atoms with Gasteiger partial charge < -0.3 is 0 Å². The van der Waals surface area contributed by atoms with Crippen LogP contribution in [0.2, 0.25) is 0 Å². The first-order valence-corrected chi connectivity index (χ1v) is 6.55. The number of fused-ring (bicyclic) bond motifs is 3. The lowest BCUT2D eigenvalue weighted by molar-refractivity contribution is 1.47. The first kappa shape index (κ1) is 11.0. The van der Waals surface area contributed by atoms with Gasteiger partial charge in [-0.2, -0.15) is 0 Å². The van der Waals surface area contributed by atoms with Crippen LogP contribution in [0.5, 0.6) is 0 Å². The van der Waals surface area contributed by atoms with Crippen LogP contribution in [-0.4, -0.2) is 0 Å². The molecule has 0 aliphatic heterocycles. The van der Waals surface area contributed by atoms with Gasteiger partial charge in [0.2, 0.25) is 5.39 Å². The van der Waals surface area contributed by atoms with E-state index in [4.69, 9.17) is 5.39 Å². The molecule has 0 spiro atoms. The number of benzene rings is 4. The van der Waals surface area contributed by atoms with E-state index in [1.807, 2.05) is 24.3 Å². The summed E-state index contributed by atoms with van der Waals surface area (Å²) in [6.45, 7) is 0. The number of hydrogen-bond donors (Lipinski definition) is 0. The molecule has 0 heterocycles. The molecule has 4 rings (SSSR count). The summed E-state index contributed by atoms with van der Waals surface area (Å²) in [5.74, 6) is 0. The Bertz CT molecular complexity index is 1010. The van der Waals surface area contributed by atoms with Crippen molar-refractivity contribution < 1.29 is 0 Å². The van der Waals surface area contributed by atoms with Crippen LogP contribution in [0, 0.1) is 5.39 Å². The summed E-state index contributed by atoms with van der Waals surface area (Å²) >= 11 is 0. The van der Waals surface area contributed by atoms with E-state index in [1.165, 1.54) is 16.2 Å². The molecule has 4 aromatic rings. The predicted molar refractivity (Wildman–Crippen MR) is 83.7 cm³/mol. The van der Waals surface area contributed by atoms with Gasteiger partial charge in [0.15, 0.2) is 4.98 Å². The van der Waals surface area contributed by atoms with Gasteiger partial charge in [0.25, 0.3) is 0 Å². The minimum Gasteiger partial charge on any atom is -0.0616 e. The zero-order valence-corrected chi connectivity index (χ0v) is 10.7. The summed E-state index contributed by atoms with van der Waals surface area (Å²) in [5.41, 5.74) is 0.609. The molecule has 0 aliphatic carbocycles. The maximum atomic E-state index is 9.10. The Balaban J connectivity index is 2.19. The summed E-state index contributed by atoms with van der Waals surface area (Å²) < 4.78 is 0. The van der Waals surface area contributed by atoms with E-state index >= 15 is 0 Å². The fraction of sp³-hybridized carbons (Fsp3) is 0. The third kappa shape index (κ3) is 1.54. The van der Waals surface area contributed by atoms with Crippen molar-refractivity contribution in [2.45, 2.75) is 0 Å². The molecular weight excluding hydrogens is 244 g/mol. The van der Waals surface area contributed by atoms with E-state index in [2.05, 4.69) is 47.4 Å². The molecule has 0 aliphatic rings. The molecule has 0 atom stereocenters. The van der Waals surface area contributed by atoms with Crippen molar-refractivity contribution in [3.63, 3.8) is 0 Å². The van der Waals surface area contributed by atoms with Crippen molar-refractivity contribution >= 4 is 38.0 Å². The van der Waals surface area contributed by atoms with E-state index in [-0.39, 0.29) is 0 Å². The highest BCUT2D eigenvalue weighted by Gasteiger charge is 2.11. The number of nitrogens with zero attached hydrogens (tertiary/aromatic N) is 2. The van der Waals surface area contributed by atoms with Crippen molar-refractivity contribution in [3.05, 3.63) is 71.7 Å². The van der Waals surface area contributed by atoms with Gasteiger partial charge in [0, 0.05) is 6.07 Å². The Morgan fingerprint density at radius 3 is 1.90 bits per heavy atom. The van der Waals surface area contributed by atoms with Crippen LogP contribution < -0.4 is 0 Å². The van der Waals surface area contributed by atoms with Crippen molar-refractivity contribution in [2.24, 2.45) is 0 Å². The van der Waals surface area contributed by atoms with E-state index in [0.717, 1.165) is 16.2 Å². The Morgan fingerprint density at radius 1 is 0.600 bits per heavy atom. The first-order chi connectivity index (χ1) is 9.85. The van der Waals surface area contributed by atoms with Crippen LogP contribution in [0.25, 0.3) is 37.3 Å². The molecule has 0 saturated heterocycles. The van der Waals surface area contributed by atoms with Gasteiger partial charge in [0.1, 0.15) is 0 Å². The zero-order chi connectivity index (χ0) is 13.5. The number of diazo groups is 1. The number of hydrogen-bond acceptors (Lipinski definition) is 1. The van der Waals surface area contributed by atoms with Gasteiger partial charge in [0.05, 0.1) is 5.39 Å². The molecule has 20 heavy (non-hydrogen) atoms. The lowest BCUT2D eigenvalue weighted by Crippen LogP contribution is -1.79. The molecule has 0 aromatic heterocycles. The van der Waals surface area contributed by atoms with Crippen molar-refractivity contribution in [3.8, 4) is 0 Å². The normalized spacial score (nSPS) is 10.9. The van der Waals surface area contributed by atoms with Gasteiger partial charge >= 0.3 is 5.69 Å². The van der Waals surface area contributed by atoms with Gasteiger partial charge in [-0.1, -0.05) is 36.4 Å². The van der Waals surface area contributed by atoms with Crippen LogP contribution in [0.1, 0.15) is 0 Å². The smallest absolute Gasteiger partial charge is 0.0616 e. The van der Waals surface area contributed by atoms with Crippen LogP contribution in [-0.2, 0) is 0 Å². The monoisotopic (exact) mass is 255 g/mol. The standard InChI is InChI=1S/C18H11N2/c19-20-18-7-3-6-14-10-15-8-12-4-1-2-5-13(12)9-16(15)11-17(14)18/h1-11H/q+1. The summed E-state index contributed by atoms with van der Waals surface area (Å²) in [5, 5.41) is 16.0. The fourth-order valence-electron chi connectivity index (χ4n) is 2.79. The largest absolute Gasteiger partial charge is 0.392 e. The lowest BCUT2D eigenvalue weighted by atomic mass is 9.99. The molecule has 4 aromatic carbocycles. The molecule has 0 radical (unpaired) electrons. The van der Waals surface area contributed by atoms with E-state index in [9.17, 15) is 0 Å². The SMILES string of the molecule is N#[N+]c1cccc2cc3cc4ccccc4cc3cc12. The quantitative estimate of drug-likeness (QED) is 0.295. The average molecular weight is 255 g/mol. The van der Waals surface area contributed by atoms with Crippen molar-refractivity contribution in [1.29, 1.82) is 5.39 Å². The van der Waals surface area contributed by atoms with Crippen LogP contribution in [0.4, 0.5) is 5.69 Å². The summed E-state index contributed by atoms with van der Waals surface area (Å²) in [4.78, 5) is 3.37. The second-order valence-electron chi connectivity index (χ2n) is 5.00. The molecule has 2 nitrogen and oxygen atoms in total. The number of rotatable bonds is 0. The average Bonchev–Trinajstić information content (AvgIpc) is 2.50. The Hall–Kier alpha value is -2.92. The second-order valence-corrected chi connectivity index (χ2v) is 5.00. The Morgan fingerprint density at radius 2 is 1.20 bits per heavy atom. The van der Waals surface area contributed by atoms with Crippen LogP contribution >= 0.6 is 0 Å². The zero-order valence-electron chi connectivity index (χ0n) is 10.7. The van der Waals surface area contributed by atoms with Gasteiger partial charge in [-0.25, -0.2) is 0 Å². The predicted octanol–water partition coefficient (Wildman–Crippen LogP) is 5.63.